The van der Waals surface area contributed by atoms with Crippen molar-refractivity contribution in [2.75, 3.05) is 0 Å². The van der Waals surface area contributed by atoms with E-state index >= 15 is 0 Å². The zero-order chi connectivity index (χ0) is 30.6. The normalized spacial score (nSPS) is 11.5. The van der Waals surface area contributed by atoms with Gasteiger partial charge in [-0.05, 0) is 89.0 Å². The molecule has 0 aliphatic carbocycles. The van der Waals surface area contributed by atoms with Gasteiger partial charge in [0.1, 0.15) is 0 Å². The highest BCUT2D eigenvalue weighted by molar-refractivity contribution is 6.12. The number of fused-ring (bicyclic) bond motifs is 6. The van der Waals surface area contributed by atoms with Crippen LogP contribution in [0.1, 0.15) is 5.56 Å². The number of nitriles is 1. The van der Waals surface area contributed by atoms with Gasteiger partial charge in [0.2, 0.25) is 0 Å². The summed E-state index contributed by atoms with van der Waals surface area (Å²) in [6, 6.07) is 60.3. The van der Waals surface area contributed by atoms with Crippen LogP contribution in [0.15, 0.2) is 164 Å². The third-order valence-corrected chi connectivity index (χ3v) is 9.14. The van der Waals surface area contributed by atoms with Crippen molar-refractivity contribution in [3.05, 3.63) is 169 Å². The molecule has 0 bridgehead atoms. The molecule has 9 rings (SSSR count). The Labute approximate surface area is 266 Å². The van der Waals surface area contributed by atoms with Gasteiger partial charge in [0, 0.05) is 32.9 Å². The third-order valence-electron chi connectivity index (χ3n) is 9.14. The third kappa shape index (κ3) is 4.05. The number of rotatable bonds is 4. The van der Waals surface area contributed by atoms with E-state index < -0.39 is 0 Å². The molecule has 0 aliphatic rings. The molecule has 0 spiro atoms. The fourth-order valence-electron chi connectivity index (χ4n) is 7.01. The Kier molecular flexibility index (Phi) is 5.88. The molecule has 3 heteroatoms. The summed E-state index contributed by atoms with van der Waals surface area (Å²) in [5.74, 6) is 0. The molecule has 0 unspecified atom stereocenters. The summed E-state index contributed by atoms with van der Waals surface area (Å²) in [5, 5.41) is 14.4. The van der Waals surface area contributed by atoms with Gasteiger partial charge in [0.25, 0.3) is 0 Å². The van der Waals surface area contributed by atoms with Crippen molar-refractivity contribution >= 4 is 43.6 Å². The smallest absolute Gasteiger partial charge is 0.0992 e. The van der Waals surface area contributed by atoms with Crippen LogP contribution in [0.25, 0.3) is 77.2 Å². The van der Waals surface area contributed by atoms with Gasteiger partial charge >= 0.3 is 0 Å². The molecular formula is C43H27N3. The first-order valence-electron chi connectivity index (χ1n) is 15.5. The SMILES string of the molecule is N#Cc1cccc(-n2c3ccccc3c3cc(-c4ccc5c(c4)c4ccccc4n5-c4ccc(-c5ccccc5)cc4)ccc32)c1. The number of nitrogens with zero attached hydrogens (tertiary/aromatic N) is 3. The summed E-state index contributed by atoms with van der Waals surface area (Å²) in [6.45, 7) is 0. The maximum absolute atomic E-state index is 9.55. The van der Waals surface area contributed by atoms with Crippen LogP contribution in [-0.2, 0) is 0 Å². The van der Waals surface area contributed by atoms with Crippen molar-refractivity contribution in [2.24, 2.45) is 0 Å². The standard InChI is InChI=1S/C43H27N3/c44-28-29-9-8-12-35(25-29)46-41-16-7-5-14-37(41)39-27-33(20-24-43(39)46)32-19-23-42-38(26-32)36-13-4-6-15-40(36)45(42)34-21-17-31(18-22-34)30-10-2-1-3-11-30/h1-27H. The van der Waals surface area contributed by atoms with Crippen LogP contribution >= 0.6 is 0 Å². The molecule has 214 valence electrons. The first kappa shape index (κ1) is 26.1. The largest absolute Gasteiger partial charge is 0.309 e. The van der Waals surface area contributed by atoms with Gasteiger partial charge in [-0.25, -0.2) is 0 Å². The van der Waals surface area contributed by atoms with Gasteiger partial charge in [-0.1, -0.05) is 97.1 Å². The minimum Gasteiger partial charge on any atom is -0.309 e. The van der Waals surface area contributed by atoms with Gasteiger partial charge in [-0.3, -0.25) is 0 Å². The molecule has 0 radical (unpaired) electrons. The Hall–Kier alpha value is -6.37. The second-order valence-corrected chi connectivity index (χ2v) is 11.7. The average molecular weight is 586 g/mol. The first-order chi connectivity index (χ1) is 22.8. The maximum Gasteiger partial charge on any atom is 0.0992 e. The van der Waals surface area contributed by atoms with Crippen molar-refractivity contribution in [1.82, 2.24) is 9.13 Å². The van der Waals surface area contributed by atoms with Crippen LogP contribution in [0.5, 0.6) is 0 Å². The average Bonchev–Trinajstić information content (AvgIpc) is 3.64. The Balaban J connectivity index is 1.20. The van der Waals surface area contributed by atoms with Crippen LogP contribution in [-0.4, -0.2) is 9.13 Å². The van der Waals surface area contributed by atoms with Gasteiger partial charge < -0.3 is 9.13 Å². The molecule has 0 N–H and O–H groups in total. The van der Waals surface area contributed by atoms with E-state index in [9.17, 15) is 5.26 Å². The quantitative estimate of drug-likeness (QED) is 0.202. The van der Waals surface area contributed by atoms with E-state index in [1.54, 1.807) is 0 Å². The molecule has 0 saturated carbocycles. The van der Waals surface area contributed by atoms with E-state index in [0.717, 1.165) is 22.4 Å². The Morgan fingerprint density at radius 3 is 1.46 bits per heavy atom. The number of benzene rings is 7. The second-order valence-electron chi connectivity index (χ2n) is 11.7. The zero-order valence-corrected chi connectivity index (χ0v) is 24.9. The van der Waals surface area contributed by atoms with Crippen LogP contribution in [0.3, 0.4) is 0 Å². The van der Waals surface area contributed by atoms with Gasteiger partial charge in [-0.2, -0.15) is 5.26 Å². The van der Waals surface area contributed by atoms with Crippen molar-refractivity contribution in [1.29, 1.82) is 5.26 Å². The molecular weight excluding hydrogens is 558 g/mol. The summed E-state index contributed by atoms with van der Waals surface area (Å²) in [4.78, 5) is 0. The van der Waals surface area contributed by atoms with Crippen molar-refractivity contribution in [3.8, 4) is 39.7 Å². The van der Waals surface area contributed by atoms with E-state index in [2.05, 4.69) is 161 Å². The van der Waals surface area contributed by atoms with E-state index in [0.29, 0.717) is 5.56 Å². The Morgan fingerprint density at radius 1 is 0.348 bits per heavy atom. The number of aromatic nitrogens is 2. The van der Waals surface area contributed by atoms with E-state index in [1.807, 2.05) is 18.2 Å². The van der Waals surface area contributed by atoms with Gasteiger partial charge in [-0.15, -0.1) is 0 Å². The van der Waals surface area contributed by atoms with Gasteiger partial charge in [0.05, 0.1) is 33.7 Å². The predicted octanol–water partition coefficient (Wildman–Crippen LogP) is 11.1. The van der Waals surface area contributed by atoms with Crippen LogP contribution in [0, 0.1) is 11.3 Å². The molecule has 9 aromatic rings. The van der Waals surface area contributed by atoms with Crippen molar-refractivity contribution < 1.29 is 0 Å². The molecule has 7 aromatic carbocycles. The minimum absolute atomic E-state index is 0.652. The van der Waals surface area contributed by atoms with E-state index in [1.165, 1.54) is 54.8 Å². The fraction of sp³-hybridized carbons (Fsp3) is 0. The van der Waals surface area contributed by atoms with Crippen molar-refractivity contribution in [2.45, 2.75) is 0 Å². The lowest BCUT2D eigenvalue weighted by Crippen LogP contribution is -1.94. The molecule has 0 amide bonds. The highest BCUT2D eigenvalue weighted by atomic mass is 15.0. The number of para-hydroxylation sites is 2. The lowest BCUT2D eigenvalue weighted by atomic mass is 10.0. The molecule has 0 atom stereocenters. The summed E-state index contributed by atoms with van der Waals surface area (Å²) in [6.07, 6.45) is 0. The zero-order valence-electron chi connectivity index (χ0n) is 24.9. The van der Waals surface area contributed by atoms with E-state index in [-0.39, 0.29) is 0 Å². The molecule has 2 heterocycles. The second kappa shape index (κ2) is 10.4. The molecule has 2 aromatic heterocycles. The molecule has 0 fully saturated rings. The topological polar surface area (TPSA) is 33.6 Å². The summed E-state index contributed by atoms with van der Waals surface area (Å²) >= 11 is 0. The highest BCUT2D eigenvalue weighted by Crippen LogP contribution is 2.38. The maximum atomic E-state index is 9.55. The summed E-state index contributed by atoms with van der Waals surface area (Å²) in [5.41, 5.74) is 12.2. The van der Waals surface area contributed by atoms with E-state index in [4.69, 9.17) is 0 Å². The monoisotopic (exact) mass is 585 g/mol. The molecule has 46 heavy (non-hydrogen) atoms. The lowest BCUT2D eigenvalue weighted by Gasteiger charge is -2.10. The summed E-state index contributed by atoms with van der Waals surface area (Å²) in [7, 11) is 0. The molecule has 0 saturated heterocycles. The Bertz CT molecular complexity index is 2630. The minimum atomic E-state index is 0.652. The van der Waals surface area contributed by atoms with Gasteiger partial charge in [0.15, 0.2) is 0 Å². The lowest BCUT2D eigenvalue weighted by molar-refractivity contribution is 1.18. The van der Waals surface area contributed by atoms with Crippen LogP contribution in [0.2, 0.25) is 0 Å². The Morgan fingerprint density at radius 2 is 0.848 bits per heavy atom. The van der Waals surface area contributed by atoms with Crippen molar-refractivity contribution in [3.63, 3.8) is 0 Å². The fourth-order valence-corrected chi connectivity index (χ4v) is 7.01. The first-order valence-corrected chi connectivity index (χ1v) is 15.5. The van der Waals surface area contributed by atoms with Crippen LogP contribution in [0.4, 0.5) is 0 Å². The number of hydrogen-bond acceptors (Lipinski definition) is 1. The number of hydrogen-bond donors (Lipinski definition) is 0. The molecule has 0 aliphatic heterocycles. The van der Waals surface area contributed by atoms with Crippen LogP contribution < -0.4 is 0 Å². The summed E-state index contributed by atoms with van der Waals surface area (Å²) < 4.78 is 4.63. The molecule has 3 nitrogen and oxygen atoms in total. The predicted molar refractivity (Wildman–Crippen MR) is 191 cm³/mol. The highest BCUT2D eigenvalue weighted by Gasteiger charge is 2.16.